The van der Waals surface area contributed by atoms with E-state index in [1.54, 1.807) is 0 Å². The van der Waals surface area contributed by atoms with Gasteiger partial charge in [0.25, 0.3) is 0 Å². The van der Waals surface area contributed by atoms with Crippen molar-refractivity contribution in [2.45, 2.75) is 83.4 Å². The van der Waals surface area contributed by atoms with Crippen LogP contribution in [0.5, 0.6) is 0 Å². The molecule has 4 nitrogen and oxygen atoms in total. The van der Waals surface area contributed by atoms with E-state index in [1.807, 2.05) is 0 Å². The van der Waals surface area contributed by atoms with E-state index < -0.39 is 0 Å². The van der Waals surface area contributed by atoms with E-state index in [1.165, 1.54) is 12.8 Å². The number of hydrogen-bond acceptors (Lipinski definition) is 3. The second-order valence-corrected chi connectivity index (χ2v) is 6.27. The van der Waals surface area contributed by atoms with E-state index in [4.69, 9.17) is 15.6 Å². The molecule has 1 aliphatic rings. The van der Waals surface area contributed by atoms with Crippen molar-refractivity contribution in [1.82, 2.24) is 9.78 Å². The molecule has 0 saturated heterocycles. The molecule has 2 rings (SSSR count). The predicted octanol–water partition coefficient (Wildman–Crippen LogP) is 3.46. The highest BCUT2D eigenvalue weighted by Gasteiger charge is 2.40. The van der Waals surface area contributed by atoms with Crippen molar-refractivity contribution in [2.75, 3.05) is 6.61 Å². The standard InChI is InChI=1S/C17H31N3O/c1-4-15(5-2)20-12-9-14(19-20)13-16(18)17(21-6-3)10-7-8-11-17/h9,12,15-16H,4-8,10-11,13,18H2,1-3H3. The molecular formula is C17H31N3O. The zero-order valence-electron chi connectivity index (χ0n) is 13.8. The zero-order chi connectivity index (χ0) is 15.3. The minimum absolute atomic E-state index is 0.0463. The summed E-state index contributed by atoms with van der Waals surface area (Å²) in [5.74, 6) is 0. The largest absolute Gasteiger partial charge is 0.374 e. The van der Waals surface area contributed by atoms with E-state index in [0.29, 0.717) is 6.04 Å². The molecule has 1 aromatic heterocycles. The number of nitrogens with two attached hydrogens (primary N) is 1. The third kappa shape index (κ3) is 3.67. The van der Waals surface area contributed by atoms with Gasteiger partial charge in [0.1, 0.15) is 0 Å². The van der Waals surface area contributed by atoms with Gasteiger partial charge < -0.3 is 10.5 Å². The van der Waals surface area contributed by atoms with Crippen LogP contribution >= 0.6 is 0 Å². The Morgan fingerprint density at radius 1 is 1.29 bits per heavy atom. The molecule has 0 amide bonds. The van der Waals surface area contributed by atoms with Crippen molar-refractivity contribution in [3.8, 4) is 0 Å². The molecule has 0 spiro atoms. The van der Waals surface area contributed by atoms with Gasteiger partial charge in [0.15, 0.2) is 0 Å². The Morgan fingerprint density at radius 2 is 1.95 bits per heavy atom. The Balaban J connectivity index is 2.03. The third-order valence-corrected chi connectivity index (χ3v) is 4.97. The minimum Gasteiger partial charge on any atom is -0.374 e. The van der Waals surface area contributed by atoms with Crippen LogP contribution in [0.15, 0.2) is 12.3 Å². The first kappa shape index (κ1) is 16.5. The van der Waals surface area contributed by atoms with Crippen LogP contribution in [0.25, 0.3) is 0 Å². The van der Waals surface area contributed by atoms with Gasteiger partial charge in [0, 0.05) is 25.3 Å². The molecular weight excluding hydrogens is 262 g/mol. The van der Waals surface area contributed by atoms with Crippen LogP contribution in [0, 0.1) is 0 Å². The molecule has 1 aliphatic carbocycles. The summed E-state index contributed by atoms with van der Waals surface area (Å²) < 4.78 is 8.16. The Bertz CT molecular complexity index is 419. The smallest absolute Gasteiger partial charge is 0.0836 e. The fourth-order valence-corrected chi connectivity index (χ4v) is 3.65. The summed E-state index contributed by atoms with van der Waals surface area (Å²) in [6.45, 7) is 7.23. The zero-order valence-corrected chi connectivity index (χ0v) is 13.8. The summed E-state index contributed by atoms with van der Waals surface area (Å²) >= 11 is 0. The molecule has 0 aliphatic heterocycles. The first-order valence-electron chi connectivity index (χ1n) is 8.58. The monoisotopic (exact) mass is 293 g/mol. The highest BCUT2D eigenvalue weighted by Crippen LogP contribution is 2.36. The lowest BCUT2D eigenvalue weighted by Gasteiger charge is -2.34. The third-order valence-electron chi connectivity index (χ3n) is 4.97. The van der Waals surface area contributed by atoms with Gasteiger partial charge in [-0.15, -0.1) is 0 Å². The summed E-state index contributed by atoms with van der Waals surface area (Å²) in [5, 5.41) is 4.74. The summed E-state index contributed by atoms with van der Waals surface area (Å²) in [4.78, 5) is 0. The average molecular weight is 293 g/mol. The maximum absolute atomic E-state index is 6.51. The van der Waals surface area contributed by atoms with E-state index >= 15 is 0 Å². The van der Waals surface area contributed by atoms with E-state index in [2.05, 4.69) is 37.7 Å². The van der Waals surface area contributed by atoms with Crippen LogP contribution in [-0.2, 0) is 11.2 Å². The van der Waals surface area contributed by atoms with Crippen molar-refractivity contribution in [1.29, 1.82) is 0 Å². The van der Waals surface area contributed by atoms with Crippen LogP contribution in [0.3, 0.4) is 0 Å². The first-order valence-corrected chi connectivity index (χ1v) is 8.58. The van der Waals surface area contributed by atoms with Crippen LogP contribution in [-0.4, -0.2) is 28.0 Å². The Hall–Kier alpha value is -0.870. The molecule has 1 saturated carbocycles. The van der Waals surface area contributed by atoms with Gasteiger partial charge in [-0.2, -0.15) is 5.10 Å². The summed E-state index contributed by atoms with van der Waals surface area (Å²) in [5.41, 5.74) is 7.49. The molecule has 1 aromatic rings. The molecule has 120 valence electrons. The molecule has 1 atom stereocenters. The molecule has 0 aromatic carbocycles. The molecule has 4 heteroatoms. The van der Waals surface area contributed by atoms with Crippen LogP contribution in [0.4, 0.5) is 0 Å². The molecule has 0 bridgehead atoms. The van der Waals surface area contributed by atoms with Crippen molar-refractivity contribution < 1.29 is 4.74 Å². The SMILES string of the molecule is CCOC1(C(N)Cc2ccn(C(CC)CC)n2)CCCC1. The molecule has 1 unspecified atom stereocenters. The van der Waals surface area contributed by atoms with Crippen LogP contribution in [0.1, 0.15) is 71.0 Å². The normalized spacial score (nSPS) is 19.3. The Labute approximate surface area is 129 Å². The highest BCUT2D eigenvalue weighted by atomic mass is 16.5. The molecule has 1 fully saturated rings. The lowest BCUT2D eigenvalue weighted by molar-refractivity contribution is -0.0526. The topological polar surface area (TPSA) is 53.1 Å². The molecule has 2 N–H and O–H groups in total. The average Bonchev–Trinajstić information content (AvgIpc) is 3.11. The maximum Gasteiger partial charge on any atom is 0.0836 e. The van der Waals surface area contributed by atoms with Gasteiger partial charge in [0.05, 0.1) is 17.3 Å². The summed E-state index contributed by atoms with van der Waals surface area (Å²) in [7, 11) is 0. The summed E-state index contributed by atoms with van der Waals surface area (Å²) in [6.07, 6.45) is 9.80. The molecule has 21 heavy (non-hydrogen) atoms. The summed E-state index contributed by atoms with van der Waals surface area (Å²) in [6, 6.07) is 2.67. The highest BCUT2D eigenvalue weighted by molar-refractivity contribution is 5.07. The maximum atomic E-state index is 6.51. The fraction of sp³-hybridized carbons (Fsp3) is 0.824. The van der Waals surface area contributed by atoms with E-state index in [-0.39, 0.29) is 11.6 Å². The second kappa shape index (κ2) is 7.41. The number of nitrogens with zero attached hydrogens (tertiary/aromatic N) is 2. The molecule has 0 radical (unpaired) electrons. The number of ether oxygens (including phenoxy) is 1. The van der Waals surface area contributed by atoms with Gasteiger partial charge >= 0.3 is 0 Å². The predicted molar refractivity (Wildman–Crippen MR) is 86.4 cm³/mol. The lowest BCUT2D eigenvalue weighted by Crippen LogP contribution is -2.49. The number of hydrogen-bond donors (Lipinski definition) is 1. The van der Waals surface area contributed by atoms with Crippen molar-refractivity contribution in [3.05, 3.63) is 18.0 Å². The molecule has 1 heterocycles. The fourth-order valence-electron chi connectivity index (χ4n) is 3.65. The van der Waals surface area contributed by atoms with Crippen molar-refractivity contribution in [2.24, 2.45) is 5.73 Å². The Morgan fingerprint density at radius 3 is 2.52 bits per heavy atom. The van der Waals surface area contributed by atoms with Crippen molar-refractivity contribution in [3.63, 3.8) is 0 Å². The minimum atomic E-state index is -0.118. The Kier molecular flexibility index (Phi) is 5.82. The number of aromatic nitrogens is 2. The van der Waals surface area contributed by atoms with Gasteiger partial charge in [0.2, 0.25) is 0 Å². The van der Waals surface area contributed by atoms with E-state index in [9.17, 15) is 0 Å². The van der Waals surface area contributed by atoms with Gasteiger partial charge in [-0.05, 0) is 38.7 Å². The lowest BCUT2D eigenvalue weighted by atomic mass is 9.89. The van der Waals surface area contributed by atoms with Gasteiger partial charge in [-0.1, -0.05) is 26.7 Å². The van der Waals surface area contributed by atoms with Gasteiger partial charge in [-0.25, -0.2) is 0 Å². The number of rotatable bonds is 8. The second-order valence-electron chi connectivity index (χ2n) is 6.27. The quantitative estimate of drug-likeness (QED) is 0.798. The van der Waals surface area contributed by atoms with Gasteiger partial charge in [-0.3, -0.25) is 4.68 Å². The first-order chi connectivity index (χ1) is 10.1. The van der Waals surface area contributed by atoms with Crippen LogP contribution < -0.4 is 5.73 Å². The van der Waals surface area contributed by atoms with Crippen LogP contribution in [0.2, 0.25) is 0 Å². The van der Waals surface area contributed by atoms with Crippen molar-refractivity contribution >= 4 is 0 Å². The van der Waals surface area contributed by atoms with E-state index in [0.717, 1.165) is 44.4 Å².